The van der Waals surface area contributed by atoms with Gasteiger partial charge in [-0.25, -0.2) is 0 Å². The molecule has 1 aromatic rings. The van der Waals surface area contributed by atoms with Gasteiger partial charge in [0.25, 0.3) is 5.91 Å². The molecule has 2 aliphatic carbocycles. The highest BCUT2D eigenvalue weighted by Crippen LogP contribution is 2.38. The summed E-state index contributed by atoms with van der Waals surface area (Å²) < 4.78 is 0. The van der Waals surface area contributed by atoms with Crippen LogP contribution in [0.1, 0.15) is 82.6 Å². The molecule has 1 aliphatic heterocycles. The number of pyridine rings is 1. The van der Waals surface area contributed by atoms with Gasteiger partial charge in [0, 0.05) is 32.0 Å². The summed E-state index contributed by atoms with van der Waals surface area (Å²) in [5, 5.41) is 15.3. The molecule has 4 rings (SSSR count). The average molecular weight is 426 g/mol. The summed E-state index contributed by atoms with van der Waals surface area (Å²) in [5.41, 5.74) is 0.699. The summed E-state index contributed by atoms with van der Waals surface area (Å²) in [6.07, 6.45) is 17.9. The van der Waals surface area contributed by atoms with Crippen molar-refractivity contribution in [2.45, 2.75) is 95.2 Å². The van der Waals surface area contributed by atoms with Gasteiger partial charge in [-0.05, 0) is 61.6 Å². The number of carbonyl (C=O) groups is 1. The van der Waals surface area contributed by atoms with Crippen LogP contribution in [0.25, 0.3) is 0 Å². The fraction of sp³-hybridized carbons (Fsp3) is 0.720. The van der Waals surface area contributed by atoms with E-state index in [4.69, 9.17) is 5.41 Å². The van der Waals surface area contributed by atoms with Crippen molar-refractivity contribution in [3.8, 4) is 0 Å². The van der Waals surface area contributed by atoms with Crippen LogP contribution in [0.15, 0.2) is 24.5 Å². The zero-order chi connectivity index (χ0) is 21.7. The van der Waals surface area contributed by atoms with Crippen molar-refractivity contribution in [1.82, 2.24) is 20.5 Å². The second kappa shape index (κ2) is 10.1. The first-order valence-corrected chi connectivity index (χ1v) is 12.3. The van der Waals surface area contributed by atoms with Crippen LogP contribution in [0.2, 0.25) is 0 Å². The van der Waals surface area contributed by atoms with Gasteiger partial charge in [-0.15, -0.1) is 0 Å². The largest absolute Gasteiger partial charge is 0.342 e. The minimum Gasteiger partial charge on any atom is -0.342 e. The molecule has 1 saturated heterocycles. The Labute approximate surface area is 187 Å². The highest BCUT2D eigenvalue weighted by molar-refractivity contribution is 6.07. The van der Waals surface area contributed by atoms with Gasteiger partial charge in [-0.1, -0.05) is 44.9 Å². The van der Waals surface area contributed by atoms with Crippen molar-refractivity contribution < 1.29 is 4.79 Å². The smallest absolute Gasteiger partial charge is 0.254 e. The van der Waals surface area contributed by atoms with Crippen molar-refractivity contribution >= 4 is 11.9 Å². The fourth-order valence-corrected chi connectivity index (χ4v) is 6.04. The fourth-order valence-electron chi connectivity index (χ4n) is 6.04. The first-order chi connectivity index (χ1) is 15.1. The Morgan fingerprint density at radius 2 is 1.87 bits per heavy atom. The number of aromatic nitrogens is 1. The maximum atomic E-state index is 13.3. The summed E-state index contributed by atoms with van der Waals surface area (Å²) in [5.74, 6) is 1.66. The normalized spacial score (nSPS) is 29.9. The van der Waals surface area contributed by atoms with Crippen LogP contribution in [-0.2, 0) is 11.3 Å². The van der Waals surface area contributed by atoms with Crippen molar-refractivity contribution in [3.05, 3.63) is 30.1 Å². The van der Waals surface area contributed by atoms with E-state index in [1.165, 1.54) is 61.8 Å². The van der Waals surface area contributed by atoms with E-state index >= 15 is 0 Å². The predicted molar refractivity (Wildman–Crippen MR) is 124 cm³/mol. The number of likely N-dealkylation sites (N-methyl/N-ethyl adjacent to an activating group) is 1. The van der Waals surface area contributed by atoms with Crippen LogP contribution >= 0.6 is 0 Å². The third-order valence-corrected chi connectivity index (χ3v) is 7.88. The van der Waals surface area contributed by atoms with Gasteiger partial charge in [-0.2, -0.15) is 0 Å². The van der Waals surface area contributed by atoms with Gasteiger partial charge in [0.15, 0.2) is 5.96 Å². The number of amides is 1. The van der Waals surface area contributed by atoms with Crippen LogP contribution in [0, 0.1) is 17.2 Å². The molecule has 0 radical (unpaired) electrons. The zero-order valence-electron chi connectivity index (χ0n) is 19.0. The van der Waals surface area contributed by atoms with Crippen LogP contribution in [0.5, 0.6) is 0 Å². The number of nitrogens with one attached hydrogen (secondary N) is 3. The minimum absolute atomic E-state index is 0.111. The summed E-state index contributed by atoms with van der Waals surface area (Å²) in [6, 6.07) is 4.63. The molecular weight excluding hydrogens is 386 g/mol. The quantitative estimate of drug-likeness (QED) is 0.583. The summed E-state index contributed by atoms with van der Waals surface area (Å²) >= 11 is 0. The maximum Gasteiger partial charge on any atom is 0.254 e. The Morgan fingerprint density at radius 3 is 2.58 bits per heavy atom. The molecule has 31 heavy (non-hydrogen) atoms. The Morgan fingerprint density at radius 1 is 1.13 bits per heavy atom. The number of hydrogen-bond donors (Lipinski definition) is 3. The van der Waals surface area contributed by atoms with Crippen LogP contribution < -0.4 is 10.6 Å². The van der Waals surface area contributed by atoms with Crippen LogP contribution in [0.4, 0.5) is 0 Å². The molecule has 3 atom stereocenters. The average Bonchev–Trinajstić information content (AvgIpc) is 3.01. The second-order valence-electron chi connectivity index (χ2n) is 10.1. The van der Waals surface area contributed by atoms with E-state index in [9.17, 15) is 4.79 Å². The second-order valence-corrected chi connectivity index (χ2v) is 10.1. The third kappa shape index (κ3) is 5.46. The predicted octanol–water partition coefficient (Wildman–Crippen LogP) is 4.22. The molecule has 0 spiro atoms. The molecule has 3 fully saturated rings. The summed E-state index contributed by atoms with van der Waals surface area (Å²) in [4.78, 5) is 18.9. The molecule has 3 aliphatic rings. The molecule has 0 aromatic carbocycles. The number of rotatable bonds is 8. The molecule has 1 amide bonds. The van der Waals surface area contributed by atoms with Gasteiger partial charge >= 0.3 is 0 Å². The molecule has 6 heteroatoms. The van der Waals surface area contributed by atoms with Crippen molar-refractivity contribution in [1.29, 1.82) is 5.41 Å². The number of hydrogen-bond acceptors (Lipinski definition) is 4. The maximum absolute atomic E-state index is 13.3. The summed E-state index contributed by atoms with van der Waals surface area (Å²) in [7, 11) is 1.75. The minimum atomic E-state index is -0.569. The molecule has 0 bridgehead atoms. The number of carbonyl (C=O) groups excluding carboxylic acids is 1. The van der Waals surface area contributed by atoms with Gasteiger partial charge in [0.05, 0.1) is 0 Å². The van der Waals surface area contributed by atoms with Crippen molar-refractivity contribution in [2.75, 3.05) is 7.05 Å². The monoisotopic (exact) mass is 425 g/mol. The molecule has 3 N–H and O–H groups in total. The van der Waals surface area contributed by atoms with Crippen molar-refractivity contribution in [2.24, 2.45) is 11.8 Å². The van der Waals surface area contributed by atoms with E-state index < -0.39 is 5.54 Å². The molecule has 1 aromatic heterocycles. The molecule has 0 unspecified atom stereocenters. The van der Waals surface area contributed by atoms with E-state index in [0.717, 1.165) is 38.1 Å². The van der Waals surface area contributed by atoms with Crippen molar-refractivity contribution in [3.63, 3.8) is 0 Å². The summed E-state index contributed by atoms with van der Waals surface area (Å²) in [6.45, 7) is 0.872. The van der Waals surface area contributed by atoms with Crippen LogP contribution in [-0.4, -0.2) is 40.4 Å². The molecule has 2 heterocycles. The Kier molecular flexibility index (Phi) is 7.26. The molecule has 6 nitrogen and oxygen atoms in total. The lowest BCUT2D eigenvalue weighted by atomic mass is 9.74. The van der Waals surface area contributed by atoms with Gasteiger partial charge in [0.1, 0.15) is 5.54 Å². The van der Waals surface area contributed by atoms with Gasteiger partial charge in [0.2, 0.25) is 0 Å². The zero-order valence-corrected chi connectivity index (χ0v) is 19.0. The van der Waals surface area contributed by atoms with E-state index in [1.54, 1.807) is 7.05 Å². The molecular formula is C25H39N5O. The van der Waals surface area contributed by atoms with Gasteiger partial charge < -0.3 is 10.6 Å². The number of nitrogens with zero attached hydrogens (tertiary/aromatic N) is 2. The first kappa shape index (κ1) is 22.3. The third-order valence-electron chi connectivity index (χ3n) is 7.88. The lowest BCUT2D eigenvalue weighted by Gasteiger charge is -2.37. The van der Waals surface area contributed by atoms with E-state index in [-0.39, 0.29) is 11.9 Å². The SMILES string of the molecule is CN1C(=N)N[C@](CCC2CCCCC2)(C[C@H]2CCC[C@@H](NCc3ccncc3)C2)C1=O. The Hall–Kier alpha value is -1.95. The Balaban J connectivity index is 1.37. The highest BCUT2D eigenvalue weighted by Gasteiger charge is 2.49. The highest BCUT2D eigenvalue weighted by atomic mass is 16.2. The standard InChI is InChI=1S/C25H39N5O/c1-30-23(31)25(29-24(30)26,13-10-19-6-3-2-4-7-19)17-21-8-5-9-22(16-21)28-18-20-11-14-27-15-12-20/h11-12,14-15,19,21-22,28H,2-10,13,16-18H2,1H3,(H2,26,29)/t21-,22+,25+/m0/s1. The topological polar surface area (TPSA) is 81.1 Å². The lowest BCUT2D eigenvalue weighted by Crippen LogP contribution is -2.49. The van der Waals surface area contributed by atoms with Crippen LogP contribution in [0.3, 0.4) is 0 Å². The number of guanidine groups is 1. The van der Waals surface area contributed by atoms with E-state index in [2.05, 4.69) is 27.8 Å². The van der Waals surface area contributed by atoms with Gasteiger partial charge in [-0.3, -0.25) is 20.1 Å². The van der Waals surface area contributed by atoms with E-state index in [0.29, 0.717) is 12.0 Å². The molecule has 170 valence electrons. The molecule has 2 saturated carbocycles. The lowest BCUT2D eigenvalue weighted by molar-refractivity contribution is -0.131. The van der Waals surface area contributed by atoms with E-state index in [1.807, 2.05) is 12.4 Å². The Bertz CT molecular complexity index is 748. The first-order valence-electron chi connectivity index (χ1n) is 12.3.